The van der Waals surface area contributed by atoms with Crippen LogP contribution in [0.2, 0.25) is 0 Å². The third-order valence-electron chi connectivity index (χ3n) is 2.24. The quantitative estimate of drug-likeness (QED) is 0.680. The highest BCUT2D eigenvalue weighted by molar-refractivity contribution is 7.88. The largest absolute Gasteiger partial charge is 0.278 e. The van der Waals surface area contributed by atoms with Gasteiger partial charge < -0.3 is 0 Å². The lowest BCUT2D eigenvalue weighted by atomic mass is 9.89. The van der Waals surface area contributed by atoms with Crippen molar-refractivity contribution in [2.75, 3.05) is 6.26 Å². The van der Waals surface area contributed by atoms with E-state index >= 15 is 0 Å². The van der Waals surface area contributed by atoms with Gasteiger partial charge >= 0.3 is 0 Å². The minimum atomic E-state index is -3.39. The lowest BCUT2D eigenvalue weighted by molar-refractivity contribution is -0.126. The second-order valence-electron chi connectivity index (χ2n) is 5.32. The van der Waals surface area contributed by atoms with Gasteiger partial charge in [-0.3, -0.25) is 10.2 Å². The maximum absolute atomic E-state index is 11.8. The number of amides is 1. The van der Waals surface area contributed by atoms with Crippen molar-refractivity contribution < 1.29 is 13.2 Å². The minimum absolute atomic E-state index is 0.149. The van der Waals surface area contributed by atoms with Gasteiger partial charge in [0, 0.05) is 5.92 Å². The summed E-state index contributed by atoms with van der Waals surface area (Å²) >= 11 is 0. The zero-order chi connectivity index (χ0) is 13.6. The first kappa shape index (κ1) is 16.4. The van der Waals surface area contributed by atoms with Gasteiger partial charge in [-0.2, -0.15) is 0 Å². The number of carbonyl (C=O) groups is 1. The molecule has 0 bridgehead atoms. The molecule has 0 spiro atoms. The zero-order valence-corrected chi connectivity index (χ0v) is 12.1. The van der Waals surface area contributed by atoms with Gasteiger partial charge in [0.15, 0.2) is 0 Å². The summed E-state index contributed by atoms with van der Waals surface area (Å²) in [6, 6.07) is 0. The van der Waals surface area contributed by atoms with Crippen LogP contribution in [0, 0.1) is 17.8 Å². The molecule has 0 aliphatic rings. The molecule has 0 radical (unpaired) electrons. The predicted molar refractivity (Wildman–Crippen MR) is 68.5 cm³/mol. The molecule has 2 N–H and O–H groups in total. The topological polar surface area (TPSA) is 75.3 Å². The predicted octanol–water partition coefficient (Wildman–Crippen LogP) is 1.28. The van der Waals surface area contributed by atoms with Crippen molar-refractivity contribution in [2.24, 2.45) is 17.8 Å². The third-order valence-corrected chi connectivity index (χ3v) is 2.72. The molecule has 0 saturated carbocycles. The van der Waals surface area contributed by atoms with E-state index in [2.05, 4.69) is 5.43 Å². The van der Waals surface area contributed by atoms with Crippen LogP contribution in [0.4, 0.5) is 0 Å². The fourth-order valence-electron chi connectivity index (χ4n) is 1.69. The summed E-state index contributed by atoms with van der Waals surface area (Å²) in [5.41, 5.74) is 2.26. The maximum atomic E-state index is 11.8. The van der Waals surface area contributed by atoms with Crippen LogP contribution in [-0.2, 0) is 14.8 Å². The molecule has 0 aromatic rings. The maximum Gasteiger partial charge on any atom is 0.238 e. The molecule has 0 aliphatic heterocycles. The Morgan fingerprint density at radius 1 is 1.06 bits per heavy atom. The molecule has 0 unspecified atom stereocenters. The van der Waals surface area contributed by atoms with Gasteiger partial charge in [-0.1, -0.05) is 27.7 Å². The molecule has 0 saturated heterocycles. The first-order valence-electron chi connectivity index (χ1n) is 5.88. The van der Waals surface area contributed by atoms with Crippen LogP contribution in [0.15, 0.2) is 0 Å². The third kappa shape index (κ3) is 9.12. The van der Waals surface area contributed by atoms with Crippen LogP contribution in [0.5, 0.6) is 0 Å². The van der Waals surface area contributed by atoms with Crippen molar-refractivity contribution in [3.63, 3.8) is 0 Å². The molecular formula is C11H24N2O3S. The van der Waals surface area contributed by atoms with Gasteiger partial charge in [0.2, 0.25) is 15.9 Å². The second-order valence-corrected chi connectivity index (χ2v) is 7.07. The number of carbonyl (C=O) groups excluding carboxylic acids is 1. The van der Waals surface area contributed by atoms with Crippen LogP contribution >= 0.6 is 0 Å². The molecule has 1 amide bonds. The smallest absolute Gasteiger partial charge is 0.238 e. The molecule has 0 fully saturated rings. The summed E-state index contributed by atoms with van der Waals surface area (Å²) in [5.74, 6) is 0.410. The van der Waals surface area contributed by atoms with E-state index in [9.17, 15) is 13.2 Å². The van der Waals surface area contributed by atoms with E-state index < -0.39 is 10.0 Å². The van der Waals surface area contributed by atoms with E-state index in [0.717, 1.165) is 19.1 Å². The van der Waals surface area contributed by atoms with Crippen molar-refractivity contribution in [2.45, 2.75) is 40.5 Å². The normalized spacial score (nSPS) is 12.5. The summed E-state index contributed by atoms with van der Waals surface area (Å²) in [7, 11) is -3.39. The Morgan fingerprint density at radius 3 is 1.76 bits per heavy atom. The van der Waals surface area contributed by atoms with Crippen LogP contribution in [0.25, 0.3) is 0 Å². The summed E-state index contributed by atoms with van der Waals surface area (Å²) in [4.78, 5) is 13.8. The Balaban J connectivity index is 4.42. The van der Waals surface area contributed by atoms with E-state index in [1.54, 1.807) is 0 Å². The molecule has 102 valence electrons. The van der Waals surface area contributed by atoms with E-state index in [1.165, 1.54) is 0 Å². The Morgan fingerprint density at radius 2 is 1.47 bits per heavy atom. The number of hydrazine groups is 1. The molecule has 17 heavy (non-hydrogen) atoms. The highest BCUT2D eigenvalue weighted by atomic mass is 32.2. The lowest BCUT2D eigenvalue weighted by Gasteiger charge is -2.20. The highest BCUT2D eigenvalue weighted by Gasteiger charge is 2.21. The second kappa shape index (κ2) is 6.96. The Kier molecular flexibility index (Phi) is 6.70. The van der Waals surface area contributed by atoms with Crippen LogP contribution in [-0.4, -0.2) is 20.6 Å². The molecular weight excluding hydrogens is 240 g/mol. The van der Waals surface area contributed by atoms with E-state index in [-0.39, 0.29) is 11.8 Å². The van der Waals surface area contributed by atoms with Crippen molar-refractivity contribution in [3.05, 3.63) is 0 Å². The average Bonchev–Trinajstić information content (AvgIpc) is 2.10. The summed E-state index contributed by atoms with van der Waals surface area (Å²) < 4.78 is 21.8. The Bertz CT molecular complexity index is 327. The first-order valence-corrected chi connectivity index (χ1v) is 7.77. The molecule has 0 aromatic carbocycles. The standard InChI is InChI=1S/C11H24N2O3S/c1-8(2)6-10(7-9(3)4)11(14)12-13-17(5,15)16/h8-10,13H,6-7H2,1-5H3,(H,12,14). The highest BCUT2D eigenvalue weighted by Crippen LogP contribution is 2.19. The number of nitrogens with one attached hydrogen (secondary N) is 2. The number of hydrogen-bond acceptors (Lipinski definition) is 3. The van der Waals surface area contributed by atoms with Gasteiger partial charge in [0.05, 0.1) is 6.26 Å². The van der Waals surface area contributed by atoms with Crippen molar-refractivity contribution >= 4 is 15.9 Å². The molecule has 0 aliphatic carbocycles. The minimum Gasteiger partial charge on any atom is -0.278 e. The van der Waals surface area contributed by atoms with Gasteiger partial charge in [-0.25, -0.2) is 8.42 Å². The van der Waals surface area contributed by atoms with Crippen LogP contribution in [0.1, 0.15) is 40.5 Å². The summed E-state index contributed by atoms with van der Waals surface area (Å²) in [5, 5.41) is 0. The van der Waals surface area contributed by atoms with Gasteiger partial charge in [0.25, 0.3) is 0 Å². The number of sulfonamides is 1. The van der Waals surface area contributed by atoms with E-state index in [0.29, 0.717) is 11.8 Å². The molecule has 0 heterocycles. The monoisotopic (exact) mass is 264 g/mol. The van der Waals surface area contributed by atoms with Gasteiger partial charge in [0.1, 0.15) is 0 Å². The van der Waals surface area contributed by atoms with Gasteiger partial charge in [-0.05, 0) is 24.7 Å². The molecule has 6 heteroatoms. The van der Waals surface area contributed by atoms with E-state index in [1.807, 2.05) is 32.5 Å². The van der Waals surface area contributed by atoms with Crippen molar-refractivity contribution in [3.8, 4) is 0 Å². The fraction of sp³-hybridized carbons (Fsp3) is 0.909. The van der Waals surface area contributed by atoms with E-state index in [4.69, 9.17) is 0 Å². The Hall–Kier alpha value is -0.620. The number of hydrogen-bond donors (Lipinski definition) is 2. The lowest BCUT2D eigenvalue weighted by Crippen LogP contribution is -2.44. The van der Waals surface area contributed by atoms with Crippen molar-refractivity contribution in [1.82, 2.24) is 10.3 Å². The van der Waals surface area contributed by atoms with Gasteiger partial charge in [-0.15, -0.1) is 4.83 Å². The number of rotatable bonds is 7. The summed E-state index contributed by atoms with van der Waals surface area (Å²) in [6.07, 6.45) is 2.53. The summed E-state index contributed by atoms with van der Waals surface area (Å²) in [6.45, 7) is 8.18. The molecule has 0 atom stereocenters. The zero-order valence-electron chi connectivity index (χ0n) is 11.3. The molecule has 0 aromatic heterocycles. The first-order chi connectivity index (χ1) is 7.61. The van der Waals surface area contributed by atoms with Crippen LogP contribution in [0.3, 0.4) is 0 Å². The molecule has 0 rings (SSSR count). The fourth-order valence-corrected chi connectivity index (χ4v) is 1.98. The Labute approximate surface area is 104 Å². The molecule has 5 nitrogen and oxygen atoms in total. The average molecular weight is 264 g/mol. The SMILES string of the molecule is CC(C)CC(CC(C)C)C(=O)NNS(C)(=O)=O. The van der Waals surface area contributed by atoms with Crippen LogP contribution < -0.4 is 10.3 Å². The van der Waals surface area contributed by atoms with Crippen molar-refractivity contribution in [1.29, 1.82) is 0 Å².